The first-order valence-electron chi connectivity index (χ1n) is 5.44. The van der Waals surface area contributed by atoms with Gasteiger partial charge in [-0.2, -0.15) is 0 Å². The van der Waals surface area contributed by atoms with E-state index in [1.807, 2.05) is 0 Å². The number of hydrogen-bond acceptors (Lipinski definition) is 1. The molecule has 0 aliphatic rings. The molecule has 1 N–H and O–H groups in total. The standard InChI is InChI=1S/C14H11ClFNO/c15-12-6-1-2-7-13(12)17-14(18)9-10-4-3-5-11(16)8-10/h1-8H,9H2,(H,17,18). The summed E-state index contributed by atoms with van der Waals surface area (Å²) in [5.74, 6) is -0.577. The van der Waals surface area contributed by atoms with Gasteiger partial charge in [-0.15, -0.1) is 0 Å². The van der Waals surface area contributed by atoms with E-state index >= 15 is 0 Å². The van der Waals surface area contributed by atoms with Crippen LogP contribution >= 0.6 is 11.6 Å². The van der Waals surface area contributed by atoms with Crippen molar-refractivity contribution in [3.8, 4) is 0 Å². The van der Waals surface area contributed by atoms with Crippen molar-refractivity contribution in [2.45, 2.75) is 6.42 Å². The summed E-state index contributed by atoms with van der Waals surface area (Å²) < 4.78 is 13.0. The summed E-state index contributed by atoms with van der Waals surface area (Å²) in [6, 6.07) is 12.9. The molecular formula is C14H11ClFNO. The van der Waals surface area contributed by atoms with E-state index in [0.717, 1.165) is 0 Å². The molecule has 0 radical (unpaired) electrons. The summed E-state index contributed by atoms with van der Waals surface area (Å²) in [6.45, 7) is 0. The molecule has 0 aliphatic carbocycles. The number of halogens is 2. The molecule has 2 aromatic rings. The number of amides is 1. The van der Waals surface area contributed by atoms with Crippen molar-refractivity contribution in [3.63, 3.8) is 0 Å². The highest BCUT2D eigenvalue weighted by Crippen LogP contribution is 2.20. The van der Waals surface area contributed by atoms with Gasteiger partial charge in [-0.25, -0.2) is 4.39 Å². The van der Waals surface area contributed by atoms with Gasteiger partial charge in [-0.3, -0.25) is 4.79 Å². The first-order chi connectivity index (χ1) is 8.65. The van der Waals surface area contributed by atoms with Crippen molar-refractivity contribution in [1.29, 1.82) is 0 Å². The quantitative estimate of drug-likeness (QED) is 0.900. The third-order valence-corrected chi connectivity index (χ3v) is 2.73. The predicted octanol–water partition coefficient (Wildman–Crippen LogP) is 3.66. The Labute approximate surface area is 109 Å². The molecule has 0 spiro atoms. The summed E-state index contributed by atoms with van der Waals surface area (Å²) >= 11 is 5.92. The van der Waals surface area contributed by atoms with Crippen LogP contribution in [0.25, 0.3) is 0 Å². The highest BCUT2D eigenvalue weighted by Gasteiger charge is 2.06. The summed E-state index contributed by atoms with van der Waals surface area (Å²) in [7, 11) is 0. The fraction of sp³-hybridized carbons (Fsp3) is 0.0714. The molecule has 0 bridgehead atoms. The summed E-state index contributed by atoms with van der Waals surface area (Å²) in [6.07, 6.45) is 0.114. The van der Waals surface area contributed by atoms with Crippen LogP contribution in [0.2, 0.25) is 5.02 Å². The fourth-order valence-electron chi connectivity index (χ4n) is 1.59. The highest BCUT2D eigenvalue weighted by molar-refractivity contribution is 6.33. The lowest BCUT2D eigenvalue weighted by molar-refractivity contribution is -0.115. The van der Waals surface area contributed by atoms with E-state index in [0.29, 0.717) is 16.3 Å². The van der Waals surface area contributed by atoms with Crippen LogP contribution in [0.1, 0.15) is 5.56 Å². The zero-order valence-electron chi connectivity index (χ0n) is 9.49. The van der Waals surface area contributed by atoms with Crippen LogP contribution in [-0.4, -0.2) is 5.91 Å². The normalized spacial score (nSPS) is 10.1. The maximum Gasteiger partial charge on any atom is 0.228 e. The van der Waals surface area contributed by atoms with Crippen molar-refractivity contribution < 1.29 is 9.18 Å². The summed E-state index contributed by atoms with van der Waals surface area (Å²) in [4.78, 5) is 11.8. The number of carbonyl (C=O) groups excluding carboxylic acids is 1. The van der Waals surface area contributed by atoms with Gasteiger partial charge in [0.25, 0.3) is 0 Å². The van der Waals surface area contributed by atoms with Crippen LogP contribution in [0.4, 0.5) is 10.1 Å². The average molecular weight is 264 g/mol. The lowest BCUT2D eigenvalue weighted by Crippen LogP contribution is -2.14. The molecule has 92 valence electrons. The maximum atomic E-state index is 13.0. The molecule has 1 amide bonds. The van der Waals surface area contributed by atoms with Gasteiger partial charge in [0, 0.05) is 0 Å². The van der Waals surface area contributed by atoms with E-state index in [9.17, 15) is 9.18 Å². The highest BCUT2D eigenvalue weighted by atomic mass is 35.5. The van der Waals surface area contributed by atoms with Gasteiger partial charge in [0.2, 0.25) is 5.91 Å². The molecule has 4 heteroatoms. The number of benzene rings is 2. The van der Waals surface area contributed by atoms with Gasteiger partial charge in [0.15, 0.2) is 0 Å². The maximum absolute atomic E-state index is 13.0. The monoisotopic (exact) mass is 263 g/mol. The molecule has 0 saturated carbocycles. The number of nitrogens with one attached hydrogen (secondary N) is 1. The second-order valence-electron chi connectivity index (χ2n) is 3.83. The second-order valence-corrected chi connectivity index (χ2v) is 4.24. The third kappa shape index (κ3) is 3.31. The smallest absolute Gasteiger partial charge is 0.228 e. The zero-order valence-corrected chi connectivity index (χ0v) is 10.2. The Kier molecular flexibility index (Phi) is 3.95. The Bertz CT molecular complexity index is 571. The average Bonchev–Trinajstić information content (AvgIpc) is 2.32. The Balaban J connectivity index is 2.03. The van der Waals surface area contributed by atoms with Crippen molar-refractivity contribution in [1.82, 2.24) is 0 Å². The van der Waals surface area contributed by atoms with E-state index < -0.39 is 0 Å². The van der Waals surface area contributed by atoms with Gasteiger partial charge in [0.05, 0.1) is 17.1 Å². The van der Waals surface area contributed by atoms with E-state index in [1.54, 1.807) is 36.4 Å². The van der Waals surface area contributed by atoms with Crippen molar-refractivity contribution in [3.05, 3.63) is 64.9 Å². The number of hydrogen-bond donors (Lipinski definition) is 1. The molecule has 2 rings (SSSR count). The summed E-state index contributed by atoms with van der Waals surface area (Å²) in [5.41, 5.74) is 1.18. The van der Waals surface area contributed by atoms with Crippen LogP contribution in [0.5, 0.6) is 0 Å². The fourth-order valence-corrected chi connectivity index (χ4v) is 1.77. The van der Waals surface area contributed by atoms with Crippen LogP contribution in [0, 0.1) is 5.82 Å². The Hall–Kier alpha value is -1.87. The summed E-state index contributed by atoms with van der Waals surface area (Å²) in [5, 5.41) is 3.16. The second kappa shape index (κ2) is 5.65. The first kappa shape index (κ1) is 12.6. The largest absolute Gasteiger partial charge is 0.324 e. The van der Waals surface area contributed by atoms with Crippen molar-refractivity contribution in [2.75, 3.05) is 5.32 Å². The van der Waals surface area contributed by atoms with Gasteiger partial charge in [-0.05, 0) is 29.8 Å². The van der Waals surface area contributed by atoms with Crippen LogP contribution in [-0.2, 0) is 11.2 Å². The number of rotatable bonds is 3. The van der Waals surface area contributed by atoms with E-state index in [1.165, 1.54) is 12.1 Å². The molecule has 0 heterocycles. The Morgan fingerprint density at radius 1 is 1.17 bits per heavy atom. The van der Waals surface area contributed by atoms with Gasteiger partial charge in [-0.1, -0.05) is 35.9 Å². The molecule has 0 unspecified atom stereocenters. The van der Waals surface area contributed by atoms with Gasteiger partial charge in [0.1, 0.15) is 5.82 Å². The zero-order chi connectivity index (χ0) is 13.0. The molecule has 0 aromatic heterocycles. The third-order valence-electron chi connectivity index (χ3n) is 2.40. The van der Waals surface area contributed by atoms with E-state index in [-0.39, 0.29) is 18.1 Å². The lowest BCUT2D eigenvalue weighted by atomic mass is 10.1. The van der Waals surface area contributed by atoms with Crippen LogP contribution < -0.4 is 5.32 Å². The molecule has 2 nitrogen and oxygen atoms in total. The minimum absolute atomic E-state index is 0.114. The number of anilines is 1. The Morgan fingerprint density at radius 2 is 1.94 bits per heavy atom. The molecule has 0 atom stereocenters. The molecule has 18 heavy (non-hydrogen) atoms. The lowest BCUT2D eigenvalue weighted by Gasteiger charge is -2.06. The van der Waals surface area contributed by atoms with Gasteiger partial charge >= 0.3 is 0 Å². The first-order valence-corrected chi connectivity index (χ1v) is 5.82. The predicted molar refractivity (Wildman–Crippen MR) is 70.2 cm³/mol. The van der Waals surface area contributed by atoms with Crippen molar-refractivity contribution in [2.24, 2.45) is 0 Å². The molecular weight excluding hydrogens is 253 g/mol. The Morgan fingerprint density at radius 3 is 2.67 bits per heavy atom. The minimum atomic E-state index is -0.349. The minimum Gasteiger partial charge on any atom is -0.324 e. The van der Waals surface area contributed by atoms with Crippen LogP contribution in [0.3, 0.4) is 0 Å². The van der Waals surface area contributed by atoms with Gasteiger partial charge < -0.3 is 5.32 Å². The van der Waals surface area contributed by atoms with E-state index in [2.05, 4.69) is 5.32 Å². The number of carbonyl (C=O) groups is 1. The molecule has 0 saturated heterocycles. The topological polar surface area (TPSA) is 29.1 Å². The SMILES string of the molecule is O=C(Cc1cccc(F)c1)Nc1ccccc1Cl. The van der Waals surface area contributed by atoms with E-state index in [4.69, 9.17) is 11.6 Å². The van der Waals surface area contributed by atoms with Crippen LogP contribution in [0.15, 0.2) is 48.5 Å². The van der Waals surface area contributed by atoms with Crippen molar-refractivity contribution >= 4 is 23.2 Å². The number of para-hydroxylation sites is 1. The molecule has 0 fully saturated rings. The molecule has 0 aliphatic heterocycles. The molecule has 2 aromatic carbocycles.